The molecular weight excluding hydrogens is 417 g/mol. The maximum absolute atomic E-state index is 12.6. The molecule has 0 unspecified atom stereocenters. The van der Waals surface area contributed by atoms with Gasteiger partial charge < -0.3 is 21.5 Å². The predicted octanol–water partition coefficient (Wildman–Crippen LogP) is 2.35. The molecule has 2 amide bonds. The van der Waals surface area contributed by atoms with E-state index in [1.165, 1.54) is 18.2 Å². The Morgan fingerprint density at radius 1 is 1.03 bits per heavy atom. The first-order valence-corrected chi connectivity index (χ1v) is 8.64. The molecule has 0 spiro atoms. The van der Waals surface area contributed by atoms with Crippen LogP contribution in [-0.4, -0.2) is 33.3 Å². The van der Waals surface area contributed by atoms with Gasteiger partial charge >= 0.3 is 6.18 Å². The lowest BCUT2D eigenvalue weighted by molar-refractivity contribution is -0.137. The minimum absolute atomic E-state index is 0.0225. The van der Waals surface area contributed by atoms with Crippen LogP contribution in [0.1, 0.15) is 16.1 Å². The number of pyridine rings is 1. The third-order valence-corrected chi connectivity index (χ3v) is 3.82. The Labute approximate surface area is 173 Å². The number of anilines is 1. The molecule has 0 aliphatic rings. The van der Waals surface area contributed by atoms with Crippen molar-refractivity contribution in [1.29, 1.82) is 0 Å². The van der Waals surface area contributed by atoms with Crippen molar-refractivity contribution in [2.45, 2.75) is 6.18 Å². The fraction of sp³-hybridized carbons (Fsp3) is 0.105. The fourth-order valence-corrected chi connectivity index (χ4v) is 2.37. The second-order valence-electron chi connectivity index (χ2n) is 6.16. The minimum Gasteiger partial charge on any atom is -0.439 e. The number of alkyl halides is 3. The highest BCUT2D eigenvalue weighted by Gasteiger charge is 2.30. The Morgan fingerprint density at radius 2 is 1.74 bits per heavy atom. The predicted molar refractivity (Wildman–Crippen MR) is 103 cm³/mol. The van der Waals surface area contributed by atoms with E-state index in [9.17, 15) is 22.8 Å². The highest BCUT2D eigenvalue weighted by Crippen LogP contribution is 2.30. The van der Waals surface area contributed by atoms with E-state index in [0.717, 1.165) is 12.1 Å². The van der Waals surface area contributed by atoms with E-state index >= 15 is 0 Å². The average molecular weight is 432 g/mol. The van der Waals surface area contributed by atoms with Crippen molar-refractivity contribution in [3.8, 4) is 23.0 Å². The summed E-state index contributed by atoms with van der Waals surface area (Å²) >= 11 is 0. The number of carbonyl (C=O) groups excluding carboxylic acids is 2. The van der Waals surface area contributed by atoms with Crippen LogP contribution in [0.15, 0.2) is 48.7 Å². The second-order valence-corrected chi connectivity index (χ2v) is 6.16. The molecule has 0 aliphatic carbocycles. The zero-order valence-corrected chi connectivity index (χ0v) is 15.7. The summed E-state index contributed by atoms with van der Waals surface area (Å²) < 4.78 is 43.2. The number of nitrogens with one attached hydrogen (secondary N) is 1. The molecule has 3 aromatic rings. The normalized spacial score (nSPS) is 11.1. The Bertz CT molecular complexity index is 1100. The Kier molecular flexibility index (Phi) is 6.00. The number of nitrogens with two attached hydrogens (primary N) is 2. The van der Waals surface area contributed by atoms with Gasteiger partial charge in [0, 0.05) is 23.9 Å². The first-order valence-electron chi connectivity index (χ1n) is 8.64. The number of hydrogen-bond donors (Lipinski definition) is 3. The zero-order valence-electron chi connectivity index (χ0n) is 15.7. The first-order chi connectivity index (χ1) is 14.6. The molecule has 0 saturated heterocycles. The molecule has 0 fully saturated rings. The van der Waals surface area contributed by atoms with Crippen LogP contribution in [0, 0.1) is 0 Å². The van der Waals surface area contributed by atoms with Crippen molar-refractivity contribution in [3.63, 3.8) is 0 Å². The summed E-state index contributed by atoms with van der Waals surface area (Å²) in [4.78, 5) is 34.4. The van der Waals surface area contributed by atoms with Crippen molar-refractivity contribution in [3.05, 3.63) is 59.9 Å². The Balaban J connectivity index is 1.80. The van der Waals surface area contributed by atoms with Crippen LogP contribution in [0.4, 0.5) is 19.0 Å². The number of amides is 2. The molecule has 12 heteroatoms. The third kappa shape index (κ3) is 5.65. The average Bonchev–Trinajstić information content (AvgIpc) is 2.72. The molecule has 9 nitrogen and oxygen atoms in total. The molecule has 3 rings (SSSR count). The summed E-state index contributed by atoms with van der Waals surface area (Å²) in [6.45, 7) is -0.207. The maximum Gasteiger partial charge on any atom is 0.417 e. The van der Waals surface area contributed by atoms with E-state index in [4.69, 9.17) is 16.2 Å². The van der Waals surface area contributed by atoms with Crippen LogP contribution in [0.5, 0.6) is 11.6 Å². The van der Waals surface area contributed by atoms with E-state index < -0.39 is 23.6 Å². The highest BCUT2D eigenvalue weighted by molar-refractivity contribution is 5.92. The number of primary amides is 2. The lowest BCUT2D eigenvalue weighted by Crippen LogP contribution is -2.23. The lowest BCUT2D eigenvalue weighted by Gasteiger charge is -2.10. The van der Waals surface area contributed by atoms with Crippen LogP contribution in [0.3, 0.4) is 0 Å². The summed E-state index contributed by atoms with van der Waals surface area (Å²) in [5.74, 6) is -0.826. The fourth-order valence-electron chi connectivity index (χ4n) is 2.37. The molecule has 160 valence electrons. The molecule has 0 bridgehead atoms. The molecule has 0 radical (unpaired) electrons. The van der Waals surface area contributed by atoms with Gasteiger partial charge in [0.1, 0.15) is 17.3 Å². The SMILES string of the molecule is NC(=O)CNc1cc(C(N)=O)nc(-c2ccc(Oc3ccc(C(F)(F)F)cn3)cc2)n1. The zero-order chi connectivity index (χ0) is 22.6. The molecule has 0 saturated carbocycles. The summed E-state index contributed by atoms with van der Waals surface area (Å²) in [6.07, 6.45) is -3.81. The molecule has 0 atom stereocenters. The number of nitrogens with zero attached hydrogens (tertiary/aromatic N) is 3. The molecule has 1 aromatic carbocycles. The van der Waals surface area contributed by atoms with Crippen LogP contribution in [0.25, 0.3) is 11.4 Å². The molecule has 5 N–H and O–H groups in total. The number of hydrogen-bond acceptors (Lipinski definition) is 7. The van der Waals surface area contributed by atoms with Crippen molar-refractivity contribution in [2.75, 3.05) is 11.9 Å². The topological polar surface area (TPSA) is 146 Å². The van der Waals surface area contributed by atoms with Crippen LogP contribution in [-0.2, 0) is 11.0 Å². The van der Waals surface area contributed by atoms with E-state index in [2.05, 4.69) is 20.3 Å². The standard InChI is InChI=1S/C19H15F3N6O3/c20-19(21,22)11-3-6-16(26-8-11)31-12-4-1-10(2-5-12)18-27-13(17(24)30)7-15(28-18)25-9-14(23)29/h1-8H,9H2,(H2,23,29)(H2,24,30)(H,25,27,28). The van der Waals surface area contributed by atoms with Crippen molar-refractivity contribution in [1.82, 2.24) is 15.0 Å². The number of rotatable bonds is 7. The smallest absolute Gasteiger partial charge is 0.417 e. The molecule has 0 aliphatic heterocycles. The first kappa shape index (κ1) is 21.5. The summed E-state index contributed by atoms with van der Waals surface area (Å²) in [5.41, 5.74) is 9.89. The molecule has 2 aromatic heterocycles. The van der Waals surface area contributed by atoms with Crippen LogP contribution in [0.2, 0.25) is 0 Å². The van der Waals surface area contributed by atoms with Gasteiger partial charge in [0.25, 0.3) is 5.91 Å². The molecular formula is C19H15F3N6O3. The summed E-state index contributed by atoms with van der Waals surface area (Å²) in [7, 11) is 0. The van der Waals surface area contributed by atoms with Crippen molar-refractivity contribution < 1.29 is 27.5 Å². The minimum atomic E-state index is -4.49. The molecule has 31 heavy (non-hydrogen) atoms. The number of halogens is 3. The van der Waals surface area contributed by atoms with Gasteiger partial charge in [0.05, 0.1) is 12.1 Å². The number of ether oxygens (including phenoxy) is 1. The van der Waals surface area contributed by atoms with Gasteiger partial charge in [0.15, 0.2) is 5.82 Å². The number of benzene rings is 1. The van der Waals surface area contributed by atoms with Crippen LogP contribution >= 0.6 is 0 Å². The van der Waals surface area contributed by atoms with E-state index in [1.54, 1.807) is 12.1 Å². The summed E-state index contributed by atoms with van der Waals surface area (Å²) in [5, 5.41) is 2.66. The van der Waals surface area contributed by atoms with Crippen molar-refractivity contribution in [2.24, 2.45) is 11.5 Å². The highest BCUT2D eigenvalue weighted by atomic mass is 19.4. The largest absolute Gasteiger partial charge is 0.439 e. The van der Waals surface area contributed by atoms with Gasteiger partial charge in [-0.15, -0.1) is 0 Å². The summed E-state index contributed by atoms with van der Waals surface area (Å²) in [6, 6.07) is 9.42. The van der Waals surface area contributed by atoms with Gasteiger partial charge in [0.2, 0.25) is 11.8 Å². The third-order valence-electron chi connectivity index (χ3n) is 3.82. The van der Waals surface area contributed by atoms with Gasteiger partial charge in [-0.2, -0.15) is 13.2 Å². The number of carbonyl (C=O) groups is 2. The molecule has 2 heterocycles. The van der Waals surface area contributed by atoms with E-state index in [0.29, 0.717) is 17.5 Å². The van der Waals surface area contributed by atoms with E-state index in [1.807, 2.05) is 0 Å². The van der Waals surface area contributed by atoms with Gasteiger partial charge in [-0.25, -0.2) is 15.0 Å². The second kappa shape index (κ2) is 8.65. The lowest BCUT2D eigenvalue weighted by atomic mass is 10.2. The van der Waals surface area contributed by atoms with Gasteiger partial charge in [-0.3, -0.25) is 9.59 Å². The number of aromatic nitrogens is 3. The Morgan fingerprint density at radius 3 is 2.29 bits per heavy atom. The Hall–Kier alpha value is -4.22. The van der Waals surface area contributed by atoms with E-state index in [-0.39, 0.29) is 29.8 Å². The van der Waals surface area contributed by atoms with Crippen molar-refractivity contribution >= 4 is 17.6 Å². The van der Waals surface area contributed by atoms with Gasteiger partial charge in [-0.1, -0.05) is 0 Å². The monoisotopic (exact) mass is 432 g/mol. The quantitative estimate of drug-likeness (QED) is 0.519. The van der Waals surface area contributed by atoms with Gasteiger partial charge in [-0.05, 0) is 30.3 Å². The maximum atomic E-state index is 12.6. The van der Waals surface area contributed by atoms with Crippen LogP contribution < -0.4 is 21.5 Å².